The lowest BCUT2D eigenvalue weighted by atomic mass is 9.70. The molecule has 10 heteroatoms. The summed E-state index contributed by atoms with van der Waals surface area (Å²) in [7, 11) is -1.10. The van der Waals surface area contributed by atoms with E-state index < -0.39 is 21.9 Å². The molecular weight excluding hydrogens is 522 g/mol. The number of rotatable bonds is 8. The molecule has 0 fully saturated rings. The molecule has 0 bridgehead atoms. The Morgan fingerprint density at radius 3 is 2.62 bits per heavy atom. The monoisotopic (exact) mass is 551 g/mol. The number of halogens is 1. The number of hydrogen-bond donors (Lipinski definition) is 1. The summed E-state index contributed by atoms with van der Waals surface area (Å²) >= 11 is 3.42. The number of allylic oxidation sites excluding steroid dienone is 2. The second-order valence-corrected chi connectivity index (χ2v) is 11.8. The Bertz CT molecular complexity index is 1180. The van der Waals surface area contributed by atoms with E-state index in [0.29, 0.717) is 39.9 Å². The van der Waals surface area contributed by atoms with Gasteiger partial charge in [0.15, 0.2) is 11.5 Å². The third kappa shape index (κ3) is 4.98. The molecule has 184 valence electrons. The summed E-state index contributed by atoms with van der Waals surface area (Å²) in [5, 5.41) is 19.2. The topological polar surface area (TPSA) is 120 Å². The fraction of sp³-hybridized carbons (Fsp3) is 0.542. The Labute approximate surface area is 209 Å². The zero-order valence-corrected chi connectivity index (χ0v) is 22.2. The van der Waals surface area contributed by atoms with Crippen molar-refractivity contribution < 1.29 is 23.1 Å². The molecule has 8 nitrogen and oxygen atoms in total. The van der Waals surface area contributed by atoms with Crippen molar-refractivity contribution in [2.24, 2.45) is 16.8 Å². The van der Waals surface area contributed by atoms with Gasteiger partial charge in [-0.05, 0) is 59.3 Å². The predicted octanol–water partition coefficient (Wildman–Crippen LogP) is 3.80. The third-order valence-electron chi connectivity index (χ3n) is 6.30. The maximum absolute atomic E-state index is 13.3. The maximum atomic E-state index is 13.3. The van der Waals surface area contributed by atoms with Gasteiger partial charge >= 0.3 is 0 Å². The van der Waals surface area contributed by atoms with E-state index in [0.717, 1.165) is 17.1 Å². The quantitative estimate of drug-likeness (QED) is 0.524. The summed E-state index contributed by atoms with van der Waals surface area (Å²) in [5.41, 5.74) is 2.36. The van der Waals surface area contributed by atoms with Crippen molar-refractivity contribution in [2.75, 3.05) is 27.3 Å². The second-order valence-electron chi connectivity index (χ2n) is 8.87. The van der Waals surface area contributed by atoms with Crippen LogP contribution >= 0.6 is 15.9 Å². The second kappa shape index (κ2) is 10.7. The molecular formula is C24H30BrN3O5S. The average molecular weight is 552 g/mol. The standard InChI is InChI=1S/C24H30BrN3O5S/c1-5-6-15-9-19-23(20(30)10-15)22(17(13-26)14(2)27-19)16-11-18(25)24(33-8-7-29)21(12-16)34(31,32)28(3)4/h11-12,15,17,22,29H,5-10H2,1-4H3. The highest BCUT2D eigenvalue weighted by Gasteiger charge is 2.42. The van der Waals surface area contributed by atoms with E-state index in [9.17, 15) is 23.6 Å². The molecule has 2 aliphatic rings. The third-order valence-corrected chi connectivity index (χ3v) is 8.71. The van der Waals surface area contributed by atoms with E-state index in [2.05, 4.69) is 33.9 Å². The molecule has 0 saturated carbocycles. The van der Waals surface area contributed by atoms with Gasteiger partial charge in [-0.15, -0.1) is 0 Å². The van der Waals surface area contributed by atoms with Gasteiger partial charge in [0.25, 0.3) is 0 Å². The van der Waals surface area contributed by atoms with Crippen LogP contribution in [0.5, 0.6) is 5.75 Å². The number of sulfonamides is 1. The van der Waals surface area contributed by atoms with Gasteiger partial charge < -0.3 is 9.84 Å². The molecule has 0 aromatic heterocycles. The molecule has 1 N–H and O–H groups in total. The van der Waals surface area contributed by atoms with Gasteiger partial charge in [0.1, 0.15) is 11.5 Å². The number of carbonyl (C=O) groups is 1. The largest absolute Gasteiger partial charge is 0.489 e. The lowest BCUT2D eigenvalue weighted by Gasteiger charge is -2.35. The summed E-state index contributed by atoms with van der Waals surface area (Å²) in [4.78, 5) is 17.9. The van der Waals surface area contributed by atoms with Crippen LogP contribution in [0.4, 0.5) is 0 Å². The van der Waals surface area contributed by atoms with Gasteiger partial charge in [0, 0.05) is 43.4 Å². The van der Waals surface area contributed by atoms with Gasteiger partial charge in [-0.25, -0.2) is 12.7 Å². The highest BCUT2D eigenvalue weighted by molar-refractivity contribution is 9.10. The number of carbonyl (C=O) groups excluding carboxylic acids is 1. The van der Waals surface area contributed by atoms with Crippen molar-refractivity contribution in [3.8, 4) is 11.8 Å². The van der Waals surface area contributed by atoms with Crippen LogP contribution in [-0.2, 0) is 14.8 Å². The smallest absolute Gasteiger partial charge is 0.246 e. The highest BCUT2D eigenvalue weighted by Crippen LogP contribution is 2.47. The SMILES string of the molecule is CCCC1CC(=O)C2=C(C1)N=C(C)C(C#N)C2c1cc(Br)c(OCCO)c(S(=O)(=O)N(C)C)c1. The first-order chi connectivity index (χ1) is 16.1. The minimum atomic E-state index is -3.94. The number of nitriles is 1. The Balaban J connectivity index is 2.24. The first-order valence-electron chi connectivity index (χ1n) is 11.3. The summed E-state index contributed by atoms with van der Waals surface area (Å²) in [6.45, 7) is 3.50. The lowest BCUT2D eigenvalue weighted by molar-refractivity contribution is -0.117. The fourth-order valence-electron chi connectivity index (χ4n) is 4.72. The van der Waals surface area contributed by atoms with Crippen molar-refractivity contribution in [2.45, 2.75) is 50.3 Å². The molecule has 1 aromatic carbocycles. The first-order valence-corrected chi connectivity index (χ1v) is 13.5. The molecule has 1 aromatic rings. The molecule has 34 heavy (non-hydrogen) atoms. The van der Waals surface area contributed by atoms with Crippen LogP contribution in [0.2, 0.25) is 0 Å². The number of aliphatic hydroxyl groups excluding tert-OH is 1. The Kier molecular flexibility index (Phi) is 8.34. The number of aliphatic hydroxyl groups is 1. The Morgan fingerprint density at radius 1 is 1.32 bits per heavy atom. The summed E-state index contributed by atoms with van der Waals surface area (Å²) in [6, 6.07) is 5.47. The maximum Gasteiger partial charge on any atom is 0.246 e. The molecule has 3 rings (SSSR count). The number of benzene rings is 1. The van der Waals surface area contributed by atoms with Gasteiger partial charge in [-0.1, -0.05) is 13.3 Å². The minimum absolute atomic E-state index is 0.0325. The van der Waals surface area contributed by atoms with Crippen molar-refractivity contribution in [1.82, 2.24) is 4.31 Å². The Hall–Kier alpha value is -2.06. The van der Waals surface area contributed by atoms with E-state index in [-0.39, 0.29) is 35.6 Å². The molecule has 1 heterocycles. The van der Waals surface area contributed by atoms with Gasteiger partial charge in [0.05, 0.1) is 23.1 Å². The molecule has 0 spiro atoms. The Morgan fingerprint density at radius 2 is 2.03 bits per heavy atom. The number of ether oxygens (including phenoxy) is 1. The number of Topliss-reactive ketones (excluding diaryl/α,β-unsaturated/α-hetero) is 1. The molecule has 0 amide bonds. The van der Waals surface area contributed by atoms with Gasteiger partial charge in [-0.3, -0.25) is 9.79 Å². The number of aliphatic imine (C=N–C) groups is 1. The number of hydrogen-bond acceptors (Lipinski definition) is 7. The summed E-state index contributed by atoms with van der Waals surface area (Å²) < 4.78 is 33.4. The van der Waals surface area contributed by atoms with E-state index in [1.54, 1.807) is 13.0 Å². The fourth-order valence-corrected chi connectivity index (χ4v) is 6.53. The number of ketones is 1. The molecule has 3 atom stereocenters. The molecule has 1 aliphatic heterocycles. The zero-order valence-electron chi connectivity index (χ0n) is 19.8. The first kappa shape index (κ1) is 26.5. The minimum Gasteiger partial charge on any atom is -0.489 e. The van der Waals surface area contributed by atoms with Crippen molar-refractivity contribution in [3.63, 3.8) is 0 Å². The molecule has 3 unspecified atom stereocenters. The van der Waals surface area contributed by atoms with Crippen molar-refractivity contribution >= 4 is 37.4 Å². The molecule has 0 saturated heterocycles. The van der Waals surface area contributed by atoms with Crippen molar-refractivity contribution in [1.29, 1.82) is 5.26 Å². The van der Waals surface area contributed by atoms with Crippen LogP contribution in [0.15, 0.2) is 37.8 Å². The van der Waals surface area contributed by atoms with Crippen LogP contribution in [0.1, 0.15) is 51.0 Å². The molecule has 1 aliphatic carbocycles. The van der Waals surface area contributed by atoms with Crippen LogP contribution in [-0.4, -0.2) is 56.6 Å². The van der Waals surface area contributed by atoms with Gasteiger partial charge in [-0.2, -0.15) is 5.26 Å². The summed E-state index contributed by atoms with van der Waals surface area (Å²) in [5.74, 6) is -1.07. The van der Waals surface area contributed by atoms with Crippen LogP contribution in [0, 0.1) is 23.2 Å². The predicted molar refractivity (Wildman–Crippen MR) is 132 cm³/mol. The van der Waals surface area contributed by atoms with Gasteiger partial charge in [0.2, 0.25) is 10.0 Å². The average Bonchev–Trinajstić information content (AvgIpc) is 2.76. The van der Waals surface area contributed by atoms with E-state index in [1.165, 1.54) is 20.2 Å². The highest BCUT2D eigenvalue weighted by atomic mass is 79.9. The van der Waals surface area contributed by atoms with Crippen LogP contribution < -0.4 is 4.74 Å². The lowest BCUT2D eigenvalue weighted by Crippen LogP contribution is -2.33. The van der Waals surface area contributed by atoms with E-state index in [4.69, 9.17) is 4.74 Å². The summed E-state index contributed by atoms with van der Waals surface area (Å²) in [6.07, 6.45) is 2.97. The van der Waals surface area contributed by atoms with Crippen LogP contribution in [0.3, 0.4) is 0 Å². The van der Waals surface area contributed by atoms with Crippen LogP contribution in [0.25, 0.3) is 0 Å². The van der Waals surface area contributed by atoms with Crippen molar-refractivity contribution in [3.05, 3.63) is 33.4 Å². The normalized spacial score (nSPS) is 22.9. The van der Waals surface area contributed by atoms with E-state index >= 15 is 0 Å². The van der Waals surface area contributed by atoms with E-state index in [1.807, 2.05) is 0 Å². The number of nitrogens with zero attached hydrogens (tertiary/aromatic N) is 3. The molecule has 0 radical (unpaired) electrons. The zero-order chi connectivity index (χ0) is 25.2.